The maximum Gasteiger partial charge on any atom is 0.316 e. The number of hydrogen-bond donors (Lipinski definition) is 1. The third-order valence-electron chi connectivity index (χ3n) is 3.60. The third-order valence-corrected chi connectivity index (χ3v) is 3.79. The van der Waals surface area contributed by atoms with Crippen LogP contribution in [0.3, 0.4) is 0 Å². The smallest absolute Gasteiger partial charge is 0.316 e. The minimum atomic E-state index is 0.0241. The van der Waals surface area contributed by atoms with Gasteiger partial charge in [0, 0.05) is 12.5 Å². The van der Waals surface area contributed by atoms with Gasteiger partial charge in [-0.05, 0) is 31.1 Å². The van der Waals surface area contributed by atoms with Gasteiger partial charge in [-0.25, -0.2) is 9.97 Å². The molecule has 1 amide bonds. The topological polar surface area (TPSA) is 64.1 Å². The first kappa shape index (κ1) is 17.0. The molecule has 22 heavy (non-hydrogen) atoms. The van der Waals surface area contributed by atoms with Crippen molar-refractivity contribution in [3.63, 3.8) is 0 Å². The lowest BCUT2D eigenvalue weighted by molar-refractivity contribution is -0.123. The van der Waals surface area contributed by atoms with E-state index in [2.05, 4.69) is 36.1 Å². The molecule has 0 atom stereocenters. The van der Waals surface area contributed by atoms with Gasteiger partial charge in [0.1, 0.15) is 6.10 Å². The highest BCUT2D eigenvalue weighted by Gasteiger charge is 2.25. The van der Waals surface area contributed by atoms with Gasteiger partial charge in [-0.15, -0.1) is 0 Å². The molecular weight excluding hydrogens is 302 g/mol. The van der Waals surface area contributed by atoms with E-state index in [-0.39, 0.29) is 23.5 Å². The number of aromatic nitrogens is 2. The first-order valence-corrected chi connectivity index (χ1v) is 8.13. The molecule has 1 fully saturated rings. The van der Waals surface area contributed by atoms with Crippen molar-refractivity contribution in [2.75, 3.05) is 0 Å². The fraction of sp³-hybridized carbons (Fsp3) is 0.688. The molecule has 0 unspecified atom stereocenters. The highest BCUT2D eigenvalue weighted by Crippen LogP contribution is 2.23. The average Bonchev–Trinajstić information content (AvgIpc) is 2.41. The highest BCUT2D eigenvalue weighted by atomic mass is 35.5. The fourth-order valence-electron chi connectivity index (χ4n) is 2.60. The number of halogens is 1. The number of carbonyl (C=O) groups excluding carboxylic acids is 1. The largest absolute Gasteiger partial charge is 0.460 e. The lowest BCUT2D eigenvalue weighted by Gasteiger charge is -2.29. The Bertz CT molecular complexity index is 491. The molecule has 0 bridgehead atoms. The Hall–Kier alpha value is -1.36. The molecule has 0 spiro atoms. The highest BCUT2D eigenvalue weighted by molar-refractivity contribution is 6.30. The second-order valence-corrected chi connectivity index (χ2v) is 7.52. The monoisotopic (exact) mass is 325 g/mol. The molecule has 1 heterocycles. The van der Waals surface area contributed by atoms with Crippen LogP contribution >= 0.6 is 11.6 Å². The van der Waals surface area contributed by atoms with E-state index in [1.807, 2.05) is 0 Å². The molecule has 1 saturated carbocycles. The van der Waals surface area contributed by atoms with E-state index in [1.54, 1.807) is 0 Å². The van der Waals surface area contributed by atoms with Gasteiger partial charge in [-0.1, -0.05) is 32.4 Å². The van der Waals surface area contributed by atoms with Gasteiger partial charge in [0.2, 0.25) is 5.91 Å². The van der Waals surface area contributed by atoms with Crippen molar-refractivity contribution in [1.29, 1.82) is 0 Å². The maximum absolute atomic E-state index is 12.0. The Balaban J connectivity index is 1.73. The molecule has 6 heteroatoms. The SMILES string of the molecule is CC(C)(C)CC(=O)NC1CCC(Oc2ncc(Cl)cn2)CC1. The Kier molecular flexibility index (Phi) is 5.62. The van der Waals surface area contributed by atoms with Crippen LogP contribution < -0.4 is 10.1 Å². The van der Waals surface area contributed by atoms with Crippen LogP contribution in [0.2, 0.25) is 5.02 Å². The van der Waals surface area contributed by atoms with Crippen molar-refractivity contribution >= 4 is 17.5 Å². The summed E-state index contributed by atoms with van der Waals surface area (Å²) < 4.78 is 5.75. The van der Waals surface area contributed by atoms with Crippen molar-refractivity contribution < 1.29 is 9.53 Å². The van der Waals surface area contributed by atoms with Crippen molar-refractivity contribution in [2.24, 2.45) is 5.41 Å². The Morgan fingerprint density at radius 3 is 2.41 bits per heavy atom. The van der Waals surface area contributed by atoms with Crippen LogP contribution in [0, 0.1) is 5.41 Å². The van der Waals surface area contributed by atoms with Crippen LogP contribution in [-0.4, -0.2) is 28.0 Å². The number of rotatable bonds is 4. The zero-order valence-electron chi connectivity index (χ0n) is 13.4. The van der Waals surface area contributed by atoms with E-state index in [1.165, 1.54) is 12.4 Å². The first-order chi connectivity index (χ1) is 10.3. The van der Waals surface area contributed by atoms with Gasteiger partial charge < -0.3 is 10.1 Å². The molecule has 1 aromatic rings. The number of carbonyl (C=O) groups is 1. The third kappa shape index (κ3) is 5.79. The van der Waals surface area contributed by atoms with Crippen molar-refractivity contribution in [3.8, 4) is 6.01 Å². The van der Waals surface area contributed by atoms with Crippen molar-refractivity contribution in [1.82, 2.24) is 15.3 Å². The number of ether oxygens (including phenoxy) is 1. The second-order valence-electron chi connectivity index (χ2n) is 7.08. The summed E-state index contributed by atoms with van der Waals surface area (Å²) in [5, 5.41) is 3.62. The number of nitrogens with zero attached hydrogens (tertiary/aromatic N) is 2. The summed E-state index contributed by atoms with van der Waals surface area (Å²) >= 11 is 5.75. The molecule has 2 rings (SSSR count). The predicted molar refractivity (Wildman–Crippen MR) is 85.9 cm³/mol. The maximum atomic E-state index is 12.0. The van der Waals surface area contributed by atoms with Crippen LogP contribution in [0.4, 0.5) is 0 Å². The van der Waals surface area contributed by atoms with Crippen molar-refractivity contribution in [2.45, 2.75) is 65.0 Å². The van der Waals surface area contributed by atoms with Crippen LogP contribution in [-0.2, 0) is 4.79 Å². The van der Waals surface area contributed by atoms with E-state index in [9.17, 15) is 4.79 Å². The first-order valence-electron chi connectivity index (χ1n) is 7.75. The summed E-state index contributed by atoms with van der Waals surface area (Å²) in [5.41, 5.74) is 0.0241. The van der Waals surface area contributed by atoms with E-state index >= 15 is 0 Å². The molecular formula is C16H24ClN3O2. The van der Waals surface area contributed by atoms with E-state index < -0.39 is 0 Å². The van der Waals surface area contributed by atoms with Gasteiger partial charge >= 0.3 is 6.01 Å². The quantitative estimate of drug-likeness (QED) is 0.921. The number of nitrogens with one attached hydrogen (secondary N) is 1. The predicted octanol–water partition coefficient (Wildman–Crippen LogP) is 3.37. The molecule has 1 aliphatic rings. The summed E-state index contributed by atoms with van der Waals surface area (Å²) in [6.07, 6.45) is 7.37. The minimum absolute atomic E-state index is 0.0241. The molecule has 0 aliphatic heterocycles. The van der Waals surface area contributed by atoms with Crippen LogP contribution in [0.1, 0.15) is 52.9 Å². The van der Waals surface area contributed by atoms with Gasteiger partial charge in [0.05, 0.1) is 17.4 Å². The van der Waals surface area contributed by atoms with Crippen molar-refractivity contribution in [3.05, 3.63) is 17.4 Å². The molecule has 0 radical (unpaired) electrons. The number of amides is 1. The molecule has 1 aliphatic carbocycles. The van der Waals surface area contributed by atoms with Gasteiger partial charge in [0.15, 0.2) is 0 Å². The van der Waals surface area contributed by atoms with Gasteiger partial charge in [-0.2, -0.15) is 0 Å². The molecule has 5 nitrogen and oxygen atoms in total. The van der Waals surface area contributed by atoms with E-state index in [0.29, 0.717) is 17.5 Å². The molecule has 0 aromatic carbocycles. The lowest BCUT2D eigenvalue weighted by Crippen LogP contribution is -2.40. The second kappa shape index (κ2) is 7.27. The zero-order chi connectivity index (χ0) is 16.2. The average molecular weight is 326 g/mol. The fourth-order valence-corrected chi connectivity index (χ4v) is 2.69. The van der Waals surface area contributed by atoms with Crippen LogP contribution in [0.15, 0.2) is 12.4 Å². The molecule has 122 valence electrons. The van der Waals surface area contributed by atoms with Gasteiger partial charge in [-0.3, -0.25) is 4.79 Å². The summed E-state index contributed by atoms with van der Waals surface area (Å²) in [5.74, 6) is 0.137. The standard InChI is InChI=1S/C16H24ClN3O2/c1-16(2,3)8-14(21)20-12-4-6-13(7-5-12)22-15-18-9-11(17)10-19-15/h9-10,12-13H,4-8H2,1-3H3,(H,20,21). The van der Waals surface area contributed by atoms with E-state index in [4.69, 9.17) is 16.3 Å². The van der Waals surface area contributed by atoms with Crippen LogP contribution in [0.5, 0.6) is 6.01 Å². The summed E-state index contributed by atoms with van der Waals surface area (Å²) in [6, 6.07) is 0.616. The molecule has 1 N–H and O–H groups in total. The minimum Gasteiger partial charge on any atom is -0.460 e. The Morgan fingerprint density at radius 2 is 1.86 bits per heavy atom. The Morgan fingerprint density at radius 1 is 1.27 bits per heavy atom. The molecule has 1 aromatic heterocycles. The summed E-state index contributed by atoms with van der Waals surface area (Å²) in [6.45, 7) is 6.22. The number of hydrogen-bond acceptors (Lipinski definition) is 4. The lowest BCUT2D eigenvalue weighted by atomic mass is 9.90. The molecule has 0 saturated heterocycles. The zero-order valence-corrected chi connectivity index (χ0v) is 14.2. The normalized spacial score (nSPS) is 22.2. The van der Waals surface area contributed by atoms with E-state index in [0.717, 1.165) is 25.7 Å². The van der Waals surface area contributed by atoms with Gasteiger partial charge in [0.25, 0.3) is 0 Å². The Labute approximate surface area is 136 Å². The summed E-state index contributed by atoms with van der Waals surface area (Å²) in [7, 11) is 0. The van der Waals surface area contributed by atoms with Crippen LogP contribution in [0.25, 0.3) is 0 Å². The summed E-state index contributed by atoms with van der Waals surface area (Å²) in [4.78, 5) is 20.0.